The van der Waals surface area contributed by atoms with Gasteiger partial charge >= 0.3 is 5.97 Å². The van der Waals surface area contributed by atoms with Crippen molar-refractivity contribution in [3.8, 4) is 0 Å². The van der Waals surface area contributed by atoms with Crippen molar-refractivity contribution < 1.29 is 14.7 Å². The number of hydrogen-bond donors (Lipinski definition) is 2. The highest BCUT2D eigenvalue weighted by molar-refractivity contribution is 8.00. The van der Waals surface area contributed by atoms with E-state index in [0.717, 1.165) is 0 Å². The Balaban J connectivity index is 2.73. The highest BCUT2D eigenvalue weighted by Crippen LogP contribution is 2.30. The van der Waals surface area contributed by atoms with Gasteiger partial charge in [0.2, 0.25) is 5.91 Å². The molecule has 1 aliphatic heterocycles. The normalized spacial score (nSPS) is 26.2. The zero-order valence-electron chi connectivity index (χ0n) is 11.3. The maximum absolute atomic E-state index is 12.2. The molecule has 1 fully saturated rings. The Morgan fingerprint density at radius 2 is 2.06 bits per heavy atom. The van der Waals surface area contributed by atoms with E-state index in [1.54, 1.807) is 0 Å². The second kappa shape index (κ2) is 5.48. The van der Waals surface area contributed by atoms with Crippen molar-refractivity contribution in [2.24, 2.45) is 11.1 Å². The molecule has 0 aliphatic carbocycles. The Morgan fingerprint density at radius 3 is 2.50 bits per heavy atom. The molecule has 18 heavy (non-hydrogen) atoms. The van der Waals surface area contributed by atoms with Gasteiger partial charge in [0.05, 0.1) is 5.37 Å². The fourth-order valence-electron chi connectivity index (χ4n) is 1.81. The molecular weight excluding hydrogens is 252 g/mol. The van der Waals surface area contributed by atoms with E-state index in [0.29, 0.717) is 5.75 Å². The lowest BCUT2D eigenvalue weighted by Crippen LogP contribution is -2.48. The smallest absolute Gasteiger partial charge is 0.327 e. The van der Waals surface area contributed by atoms with Crippen molar-refractivity contribution in [2.75, 3.05) is 5.75 Å². The number of carboxylic acids is 1. The van der Waals surface area contributed by atoms with E-state index in [2.05, 4.69) is 0 Å². The van der Waals surface area contributed by atoms with Crippen LogP contribution in [0.5, 0.6) is 0 Å². The van der Waals surface area contributed by atoms with Crippen LogP contribution >= 0.6 is 11.8 Å². The Kier molecular flexibility index (Phi) is 4.66. The standard InChI is InChI=1S/C12H22N2O3S/c1-7-14(8(6-18-7)11(16)17)10(15)5-9(13)12(2,3)4/h7-9H,5-6,13H2,1-4H3,(H,16,17). The summed E-state index contributed by atoms with van der Waals surface area (Å²) in [6.45, 7) is 7.78. The Labute approximate surface area is 112 Å². The van der Waals surface area contributed by atoms with Crippen LogP contribution in [0.4, 0.5) is 0 Å². The van der Waals surface area contributed by atoms with E-state index in [1.165, 1.54) is 16.7 Å². The first-order chi connectivity index (χ1) is 8.14. The quantitative estimate of drug-likeness (QED) is 0.806. The molecule has 3 atom stereocenters. The monoisotopic (exact) mass is 274 g/mol. The Hall–Kier alpha value is -0.750. The van der Waals surface area contributed by atoms with Crippen LogP contribution in [0.2, 0.25) is 0 Å². The van der Waals surface area contributed by atoms with E-state index in [-0.39, 0.29) is 29.2 Å². The zero-order chi connectivity index (χ0) is 14.1. The number of hydrogen-bond acceptors (Lipinski definition) is 4. The molecule has 0 aromatic heterocycles. The summed E-state index contributed by atoms with van der Waals surface area (Å²) in [7, 11) is 0. The van der Waals surface area contributed by atoms with Gasteiger partial charge in [0.15, 0.2) is 0 Å². The van der Waals surface area contributed by atoms with Crippen molar-refractivity contribution in [3.63, 3.8) is 0 Å². The molecule has 6 heteroatoms. The van der Waals surface area contributed by atoms with Crippen molar-refractivity contribution in [1.29, 1.82) is 0 Å². The summed E-state index contributed by atoms with van der Waals surface area (Å²) in [6.07, 6.45) is 0.193. The minimum atomic E-state index is -0.940. The van der Waals surface area contributed by atoms with Crippen molar-refractivity contribution >= 4 is 23.6 Å². The molecule has 1 rings (SSSR count). The second-order valence-electron chi connectivity index (χ2n) is 5.76. The van der Waals surface area contributed by atoms with Crippen LogP contribution in [0.25, 0.3) is 0 Å². The number of nitrogens with zero attached hydrogens (tertiary/aromatic N) is 1. The SMILES string of the molecule is CC1SCC(C(=O)O)N1C(=O)CC(N)C(C)(C)C. The van der Waals surface area contributed by atoms with Gasteiger partial charge in [-0.2, -0.15) is 0 Å². The molecule has 0 bridgehead atoms. The van der Waals surface area contributed by atoms with Gasteiger partial charge in [0.1, 0.15) is 6.04 Å². The molecule has 3 unspecified atom stereocenters. The summed E-state index contributed by atoms with van der Waals surface area (Å²) in [5.41, 5.74) is 5.82. The maximum Gasteiger partial charge on any atom is 0.327 e. The summed E-state index contributed by atoms with van der Waals surface area (Å²) in [5, 5.41) is 9.01. The number of aliphatic carboxylic acids is 1. The van der Waals surface area contributed by atoms with Gasteiger partial charge in [-0.25, -0.2) is 4.79 Å². The summed E-state index contributed by atoms with van der Waals surface area (Å²) in [5.74, 6) is -0.653. The fourth-order valence-corrected chi connectivity index (χ4v) is 3.00. The maximum atomic E-state index is 12.2. The van der Waals surface area contributed by atoms with Crippen LogP contribution < -0.4 is 5.73 Å². The van der Waals surface area contributed by atoms with Gasteiger partial charge in [-0.3, -0.25) is 4.79 Å². The van der Waals surface area contributed by atoms with Crippen LogP contribution in [-0.4, -0.2) is 45.1 Å². The zero-order valence-corrected chi connectivity index (χ0v) is 12.2. The van der Waals surface area contributed by atoms with E-state index >= 15 is 0 Å². The first kappa shape index (κ1) is 15.3. The summed E-state index contributed by atoms with van der Waals surface area (Å²) < 4.78 is 0. The van der Waals surface area contributed by atoms with Crippen LogP contribution in [-0.2, 0) is 9.59 Å². The van der Waals surface area contributed by atoms with E-state index in [4.69, 9.17) is 10.8 Å². The molecule has 0 spiro atoms. The van der Waals surface area contributed by atoms with E-state index in [9.17, 15) is 9.59 Å². The Bertz CT molecular complexity index is 341. The molecule has 0 aromatic rings. The number of amides is 1. The largest absolute Gasteiger partial charge is 0.480 e. The number of carbonyl (C=O) groups is 2. The molecule has 104 valence electrons. The van der Waals surface area contributed by atoms with E-state index < -0.39 is 12.0 Å². The highest BCUT2D eigenvalue weighted by Gasteiger charge is 2.40. The summed E-state index contributed by atoms with van der Waals surface area (Å²) >= 11 is 1.49. The van der Waals surface area contributed by atoms with Gasteiger partial charge < -0.3 is 15.7 Å². The second-order valence-corrected chi connectivity index (χ2v) is 7.11. The van der Waals surface area contributed by atoms with Crippen LogP contribution in [0.3, 0.4) is 0 Å². The van der Waals surface area contributed by atoms with Gasteiger partial charge in [0.25, 0.3) is 0 Å². The minimum absolute atomic E-state index is 0.0919. The van der Waals surface area contributed by atoms with Crippen molar-refractivity contribution in [1.82, 2.24) is 4.90 Å². The van der Waals surface area contributed by atoms with Gasteiger partial charge in [-0.15, -0.1) is 11.8 Å². The average Bonchev–Trinajstić information content (AvgIpc) is 2.58. The lowest BCUT2D eigenvalue weighted by molar-refractivity contribution is -0.149. The number of carbonyl (C=O) groups excluding carboxylic acids is 1. The van der Waals surface area contributed by atoms with Crippen LogP contribution in [0, 0.1) is 5.41 Å². The number of thioether (sulfide) groups is 1. The van der Waals surface area contributed by atoms with E-state index in [1.807, 2.05) is 27.7 Å². The minimum Gasteiger partial charge on any atom is -0.480 e. The predicted molar refractivity (Wildman–Crippen MR) is 72.2 cm³/mol. The van der Waals surface area contributed by atoms with Gasteiger partial charge in [-0.1, -0.05) is 20.8 Å². The Morgan fingerprint density at radius 1 is 1.50 bits per heavy atom. The first-order valence-electron chi connectivity index (χ1n) is 6.05. The molecule has 1 amide bonds. The molecule has 0 saturated carbocycles. The van der Waals surface area contributed by atoms with Crippen molar-refractivity contribution in [2.45, 2.75) is 51.6 Å². The average molecular weight is 274 g/mol. The lowest BCUT2D eigenvalue weighted by atomic mass is 9.85. The molecule has 1 heterocycles. The molecule has 0 radical (unpaired) electrons. The third-order valence-electron chi connectivity index (χ3n) is 3.30. The summed E-state index contributed by atoms with van der Waals surface area (Å²) in [6, 6.07) is -0.984. The highest BCUT2D eigenvalue weighted by atomic mass is 32.2. The molecule has 1 aliphatic rings. The summed E-state index contributed by atoms with van der Waals surface area (Å²) in [4.78, 5) is 24.8. The number of rotatable bonds is 3. The van der Waals surface area contributed by atoms with Crippen LogP contribution in [0.15, 0.2) is 0 Å². The fraction of sp³-hybridized carbons (Fsp3) is 0.833. The third kappa shape index (κ3) is 3.38. The number of carboxylic acid groups (broad SMARTS) is 1. The molecule has 3 N–H and O–H groups in total. The van der Waals surface area contributed by atoms with Gasteiger partial charge in [0, 0.05) is 18.2 Å². The molecule has 0 aromatic carbocycles. The third-order valence-corrected chi connectivity index (χ3v) is 4.52. The number of nitrogens with two attached hydrogens (primary N) is 1. The topological polar surface area (TPSA) is 83.6 Å². The molecule has 1 saturated heterocycles. The van der Waals surface area contributed by atoms with Gasteiger partial charge in [-0.05, 0) is 12.3 Å². The van der Waals surface area contributed by atoms with Crippen LogP contribution in [0.1, 0.15) is 34.1 Å². The predicted octanol–water partition coefficient (Wildman–Crippen LogP) is 1.12. The van der Waals surface area contributed by atoms with Crippen molar-refractivity contribution in [3.05, 3.63) is 0 Å². The lowest BCUT2D eigenvalue weighted by Gasteiger charge is -2.31. The first-order valence-corrected chi connectivity index (χ1v) is 7.10. The molecule has 5 nitrogen and oxygen atoms in total. The molecular formula is C12H22N2O3S.